The average molecular weight is 396 g/mol. The van der Waals surface area contributed by atoms with E-state index >= 15 is 0 Å². The summed E-state index contributed by atoms with van der Waals surface area (Å²) in [6.07, 6.45) is 0. The number of nitrogens with one attached hydrogen (secondary N) is 1. The van der Waals surface area contributed by atoms with Crippen LogP contribution < -0.4 is 14.6 Å². The molecule has 2 aromatic carbocycles. The Bertz CT molecular complexity index is 911. The van der Waals surface area contributed by atoms with Gasteiger partial charge in [0.15, 0.2) is 0 Å². The molecular weight excluding hydrogens is 376 g/mol. The summed E-state index contributed by atoms with van der Waals surface area (Å²) >= 11 is 6.00. The number of ether oxygens (including phenoxy) is 1. The molecule has 6 nitrogen and oxygen atoms in total. The molecular formula is C18H20ClN2O4S-. The number of aliphatic imine (C=N–C) groups is 1. The van der Waals surface area contributed by atoms with Crippen molar-refractivity contribution in [3.63, 3.8) is 0 Å². The fourth-order valence-electron chi connectivity index (χ4n) is 2.13. The molecule has 1 N–H and O–H groups in total. The topological polar surface area (TPSA) is 90.8 Å². The van der Waals surface area contributed by atoms with Crippen LogP contribution in [-0.2, 0) is 10.0 Å². The van der Waals surface area contributed by atoms with Crippen molar-refractivity contribution in [3.8, 4) is 5.75 Å². The summed E-state index contributed by atoms with van der Waals surface area (Å²) in [6, 6.07) is 10.5. The van der Waals surface area contributed by atoms with Crippen LogP contribution in [0.1, 0.15) is 19.4 Å². The molecule has 2 rings (SSSR count). The highest BCUT2D eigenvalue weighted by atomic mass is 35.5. The Morgan fingerprint density at radius 3 is 2.58 bits per heavy atom. The van der Waals surface area contributed by atoms with Crippen LogP contribution >= 0.6 is 11.6 Å². The van der Waals surface area contributed by atoms with Gasteiger partial charge in [-0.25, -0.2) is 8.42 Å². The van der Waals surface area contributed by atoms with Gasteiger partial charge in [-0.15, -0.1) is 0 Å². The number of rotatable bonds is 7. The molecule has 0 radical (unpaired) electrons. The number of hydrogen-bond acceptors (Lipinski definition) is 5. The normalized spacial score (nSPS) is 12.3. The van der Waals surface area contributed by atoms with Gasteiger partial charge in [0, 0.05) is 12.1 Å². The van der Waals surface area contributed by atoms with Crippen molar-refractivity contribution in [3.05, 3.63) is 53.1 Å². The van der Waals surface area contributed by atoms with Gasteiger partial charge in [0.2, 0.25) is 0 Å². The Morgan fingerprint density at radius 2 is 1.96 bits per heavy atom. The molecule has 140 valence electrons. The second-order valence-electron chi connectivity index (χ2n) is 5.99. The minimum absolute atomic E-state index is 0.0373. The Balaban J connectivity index is 2.36. The molecule has 0 aromatic heterocycles. The molecule has 0 saturated heterocycles. The summed E-state index contributed by atoms with van der Waals surface area (Å²) in [5.41, 5.74) is 0.355. The van der Waals surface area contributed by atoms with Crippen molar-refractivity contribution in [2.45, 2.75) is 18.7 Å². The quantitative estimate of drug-likeness (QED) is 0.576. The maximum Gasteiger partial charge on any atom is 0.261 e. The zero-order valence-corrected chi connectivity index (χ0v) is 16.3. The van der Waals surface area contributed by atoms with Gasteiger partial charge in [-0.3, -0.25) is 4.72 Å². The maximum absolute atomic E-state index is 12.6. The number of hydrogen-bond donors (Lipinski definition) is 1. The first-order chi connectivity index (χ1) is 12.2. The van der Waals surface area contributed by atoms with Gasteiger partial charge in [0.25, 0.3) is 10.0 Å². The first-order valence-electron chi connectivity index (χ1n) is 7.92. The molecule has 26 heavy (non-hydrogen) atoms. The number of anilines is 1. The highest BCUT2D eigenvalue weighted by molar-refractivity contribution is 7.92. The van der Waals surface area contributed by atoms with E-state index in [0.29, 0.717) is 12.3 Å². The minimum Gasteiger partial charge on any atom is -0.858 e. The number of methoxy groups -OCH3 is 1. The van der Waals surface area contributed by atoms with Crippen molar-refractivity contribution in [2.75, 3.05) is 18.4 Å². The second-order valence-corrected chi connectivity index (χ2v) is 8.08. The van der Waals surface area contributed by atoms with Crippen LogP contribution in [0.25, 0.3) is 0 Å². The average Bonchev–Trinajstić information content (AvgIpc) is 2.59. The molecule has 2 aromatic rings. The summed E-state index contributed by atoms with van der Waals surface area (Å²) in [5.74, 6) is 0.127. The number of benzene rings is 2. The lowest BCUT2D eigenvalue weighted by Crippen LogP contribution is -2.23. The van der Waals surface area contributed by atoms with Crippen LogP contribution in [0.5, 0.6) is 5.75 Å². The fourth-order valence-corrected chi connectivity index (χ4v) is 3.56. The monoisotopic (exact) mass is 395 g/mol. The van der Waals surface area contributed by atoms with Crippen LogP contribution in [0.2, 0.25) is 5.02 Å². The maximum atomic E-state index is 12.6. The molecule has 0 saturated carbocycles. The predicted octanol–water partition coefficient (Wildman–Crippen LogP) is 2.91. The van der Waals surface area contributed by atoms with Gasteiger partial charge in [0.05, 0.1) is 22.7 Å². The summed E-state index contributed by atoms with van der Waals surface area (Å²) in [5, 5.41) is 12.5. The largest absolute Gasteiger partial charge is 0.858 e. The van der Waals surface area contributed by atoms with Gasteiger partial charge in [-0.1, -0.05) is 43.6 Å². The van der Waals surface area contributed by atoms with Gasteiger partial charge >= 0.3 is 0 Å². The van der Waals surface area contributed by atoms with Crippen LogP contribution in [0.4, 0.5) is 5.69 Å². The highest BCUT2D eigenvalue weighted by Crippen LogP contribution is 2.28. The van der Waals surface area contributed by atoms with E-state index < -0.39 is 15.9 Å². The smallest absolute Gasteiger partial charge is 0.261 e. The Morgan fingerprint density at radius 1 is 1.27 bits per heavy atom. The van der Waals surface area contributed by atoms with E-state index in [1.165, 1.54) is 37.4 Å². The highest BCUT2D eigenvalue weighted by Gasteiger charge is 2.17. The molecule has 0 atom stereocenters. The van der Waals surface area contributed by atoms with Crippen LogP contribution in [-0.4, -0.2) is 28.0 Å². The zero-order chi connectivity index (χ0) is 19.3. The van der Waals surface area contributed by atoms with E-state index in [1.807, 2.05) is 13.8 Å². The van der Waals surface area contributed by atoms with Crippen LogP contribution in [0, 0.1) is 5.92 Å². The van der Waals surface area contributed by atoms with Crippen molar-refractivity contribution >= 4 is 33.2 Å². The first kappa shape index (κ1) is 20.1. The summed E-state index contributed by atoms with van der Waals surface area (Å²) in [6.45, 7) is 4.26. The zero-order valence-electron chi connectivity index (χ0n) is 14.7. The SMILES string of the molecule is COc1ccc(S(=O)(=O)Nc2ccccc2C([O-])=NCC(C)C)cc1Cl. The van der Waals surface area contributed by atoms with Crippen molar-refractivity contribution in [2.24, 2.45) is 10.9 Å². The molecule has 0 aliphatic carbocycles. The Labute approximate surface area is 158 Å². The lowest BCUT2D eigenvalue weighted by atomic mass is 10.2. The van der Waals surface area contributed by atoms with Crippen LogP contribution in [0.15, 0.2) is 52.4 Å². The van der Waals surface area contributed by atoms with E-state index in [2.05, 4.69) is 9.71 Å². The van der Waals surface area contributed by atoms with Gasteiger partial charge in [-0.05, 0) is 36.1 Å². The van der Waals surface area contributed by atoms with Crippen molar-refractivity contribution in [1.82, 2.24) is 0 Å². The van der Waals surface area contributed by atoms with E-state index in [9.17, 15) is 13.5 Å². The molecule has 0 unspecified atom stereocenters. The Kier molecular flexibility index (Phi) is 6.50. The Hall–Kier alpha value is -2.25. The number of para-hydroxylation sites is 1. The summed E-state index contributed by atoms with van der Waals surface area (Å²) in [7, 11) is -2.49. The van der Waals surface area contributed by atoms with Gasteiger partial charge < -0.3 is 14.8 Å². The molecule has 8 heteroatoms. The fraction of sp³-hybridized carbons (Fsp3) is 0.278. The number of nitrogens with zero attached hydrogens (tertiary/aromatic N) is 1. The molecule has 0 aliphatic heterocycles. The standard InChI is InChI=1S/C18H21ClN2O4S/c1-12(2)11-20-18(22)14-6-4-5-7-16(14)21-26(23,24)13-8-9-17(25-3)15(19)10-13/h4-10,12,21H,11H2,1-3H3,(H,20,22)/p-1. The van der Waals surface area contributed by atoms with Crippen molar-refractivity contribution < 1.29 is 18.3 Å². The van der Waals surface area contributed by atoms with Gasteiger partial charge in [0.1, 0.15) is 5.75 Å². The number of sulfonamides is 1. The third kappa shape index (κ3) is 4.89. The second kappa shape index (κ2) is 8.42. The van der Waals surface area contributed by atoms with E-state index in [-0.39, 0.29) is 27.1 Å². The first-order valence-corrected chi connectivity index (χ1v) is 9.78. The molecule has 0 fully saturated rings. The van der Waals surface area contributed by atoms with Crippen molar-refractivity contribution in [1.29, 1.82) is 0 Å². The molecule has 0 heterocycles. The molecule has 0 amide bonds. The number of halogens is 1. The van der Waals surface area contributed by atoms with E-state index in [4.69, 9.17) is 16.3 Å². The predicted molar refractivity (Wildman–Crippen MR) is 101 cm³/mol. The van der Waals surface area contributed by atoms with E-state index in [0.717, 1.165) is 0 Å². The third-order valence-corrected chi connectivity index (χ3v) is 5.09. The summed E-state index contributed by atoms with van der Waals surface area (Å²) < 4.78 is 32.7. The van der Waals surface area contributed by atoms with Gasteiger partial charge in [-0.2, -0.15) is 0 Å². The van der Waals surface area contributed by atoms with E-state index in [1.54, 1.807) is 12.1 Å². The summed E-state index contributed by atoms with van der Waals surface area (Å²) in [4.78, 5) is 3.95. The molecule has 0 spiro atoms. The minimum atomic E-state index is -3.93. The third-order valence-electron chi connectivity index (χ3n) is 3.44. The van der Waals surface area contributed by atoms with Crippen LogP contribution in [0.3, 0.4) is 0 Å². The molecule has 0 aliphatic rings. The molecule has 0 bridgehead atoms. The lowest BCUT2D eigenvalue weighted by molar-refractivity contribution is -0.213. The lowest BCUT2D eigenvalue weighted by Gasteiger charge is -2.18.